The van der Waals surface area contributed by atoms with Gasteiger partial charge in [0, 0.05) is 22.5 Å². The number of benzene rings is 2. The molecule has 8 heteroatoms. The summed E-state index contributed by atoms with van der Waals surface area (Å²) in [5, 5.41) is 4.48. The van der Waals surface area contributed by atoms with Gasteiger partial charge in [0.25, 0.3) is 5.89 Å². The summed E-state index contributed by atoms with van der Waals surface area (Å²) in [6, 6.07) is 15.4. The Kier molecular flexibility index (Phi) is 4.59. The summed E-state index contributed by atoms with van der Waals surface area (Å²) in [6.07, 6.45) is 0. The van der Waals surface area contributed by atoms with Crippen LogP contribution in [0.15, 0.2) is 63.9 Å². The van der Waals surface area contributed by atoms with Crippen LogP contribution in [-0.4, -0.2) is 28.2 Å². The molecule has 2 heterocycles. The van der Waals surface area contributed by atoms with E-state index in [0.717, 1.165) is 0 Å². The number of aromatic nitrogens is 3. The first-order valence-electron chi connectivity index (χ1n) is 8.40. The lowest BCUT2D eigenvalue weighted by Crippen LogP contribution is -2.13. The van der Waals surface area contributed by atoms with Crippen LogP contribution < -0.4 is 10.3 Å². The molecule has 0 spiro atoms. The van der Waals surface area contributed by atoms with Gasteiger partial charge in [-0.1, -0.05) is 35.5 Å². The van der Waals surface area contributed by atoms with Crippen LogP contribution in [0.4, 0.5) is 0 Å². The Balaban J connectivity index is 1.52. The highest BCUT2D eigenvalue weighted by Crippen LogP contribution is 2.21. The lowest BCUT2D eigenvalue weighted by Gasteiger charge is -2.05. The lowest BCUT2D eigenvalue weighted by molar-refractivity contribution is 0.0432. The zero-order chi connectivity index (χ0) is 19.5. The van der Waals surface area contributed by atoms with Crippen molar-refractivity contribution in [2.45, 2.75) is 6.61 Å². The monoisotopic (exact) mass is 377 g/mol. The van der Waals surface area contributed by atoms with Crippen LogP contribution in [0.3, 0.4) is 0 Å². The normalized spacial score (nSPS) is 10.8. The predicted molar refractivity (Wildman–Crippen MR) is 100.0 cm³/mol. The third kappa shape index (κ3) is 3.48. The van der Waals surface area contributed by atoms with Crippen molar-refractivity contribution in [2.75, 3.05) is 7.11 Å². The minimum Gasteiger partial charge on any atom is -0.497 e. The summed E-state index contributed by atoms with van der Waals surface area (Å²) in [6.45, 7) is -0.211. The van der Waals surface area contributed by atoms with Crippen molar-refractivity contribution in [2.24, 2.45) is 0 Å². The first-order chi connectivity index (χ1) is 13.6. The van der Waals surface area contributed by atoms with Gasteiger partial charge in [-0.05, 0) is 18.2 Å². The highest BCUT2D eigenvalue weighted by Gasteiger charge is 2.16. The summed E-state index contributed by atoms with van der Waals surface area (Å²) >= 11 is 0. The van der Waals surface area contributed by atoms with Crippen LogP contribution in [0.2, 0.25) is 0 Å². The molecule has 0 fully saturated rings. The van der Waals surface area contributed by atoms with Gasteiger partial charge >= 0.3 is 5.97 Å². The van der Waals surface area contributed by atoms with Gasteiger partial charge in [0.15, 0.2) is 6.61 Å². The number of carbonyl (C=O) groups is 1. The van der Waals surface area contributed by atoms with Crippen LogP contribution in [0, 0.1) is 0 Å². The van der Waals surface area contributed by atoms with Gasteiger partial charge in [-0.25, -0.2) is 4.79 Å². The number of aromatic amines is 1. The second kappa shape index (κ2) is 7.36. The number of carbonyl (C=O) groups excluding carboxylic acids is 1. The van der Waals surface area contributed by atoms with Crippen LogP contribution in [0.1, 0.15) is 16.2 Å². The fourth-order valence-corrected chi connectivity index (χ4v) is 2.77. The van der Waals surface area contributed by atoms with E-state index in [4.69, 9.17) is 14.0 Å². The number of para-hydroxylation sites is 1. The summed E-state index contributed by atoms with van der Waals surface area (Å²) in [7, 11) is 1.57. The molecule has 0 aliphatic carbocycles. The molecule has 28 heavy (non-hydrogen) atoms. The number of fused-ring (bicyclic) bond motifs is 1. The predicted octanol–water partition coefficient (Wildman–Crippen LogP) is 2.94. The van der Waals surface area contributed by atoms with E-state index in [1.165, 1.54) is 6.07 Å². The number of nitrogens with one attached hydrogen (secondary N) is 1. The maximum absolute atomic E-state index is 12.5. The molecule has 0 saturated heterocycles. The van der Waals surface area contributed by atoms with E-state index in [-0.39, 0.29) is 23.6 Å². The Bertz CT molecular complexity index is 1210. The van der Waals surface area contributed by atoms with Crippen LogP contribution in [0.5, 0.6) is 5.75 Å². The summed E-state index contributed by atoms with van der Waals surface area (Å²) in [4.78, 5) is 31.1. The molecule has 0 saturated carbocycles. The molecule has 0 aliphatic rings. The van der Waals surface area contributed by atoms with Gasteiger partial charge in [0.05, 0.1) is 12.7 Å². The first kappa shape index (κ1) is 17.5. The van der Waals surface area contributed by atoms with Crippen molar-refractivity contribution >= 4 is 16.9 Å². The van der Waals surface area contributed by atoms with Crippen molar-refractivity contribution < 1.29 is 18.8 Å². The number of ether oxygens (including phenoxy) is 2. The van der Waals surface area contributed by atoms with E-state index >= 15 is 0 Å². The number of methoxy groups -OCH3 is 1. The summed E-state index contributed by atoms with van der Waals surface area (Å²) in [5.41, 5.74) is 1.05. The number of esters is 1. The number of nitrogens with zero attached hydrogens (tertiary/aromatic N) is 2. The summed E-state index contributed by atoms with van der Waals surface area (Å²) < 4.78 is 15.6. The van der Waals surface area contributed by atoms with Crippen molar-refractivity contribution in [3.05, 3.63) is 76.4 Å². The van der Waals surface area contributed by atoms with Crippen molar-refractivity contribution in [3.8, 4) is 17.1 Å². The molecule has 0 bridgehead atoms. The Morgan fingerprint density at radius 3 is 2.86 bits per heavy atom. The molecule has 4 aromatic rings. The number of H-pyrrole nitrogens is 1. The maximum atomic E-state index is 12.5. The minimum atomic E-state index is -0.650. The largest absolute Gasteiger partial charge is 0.497 e. The minimum absolute atomic E-state index is 0.139. The molecule has 4 rings (SSSR count). The van der Waals surface area contributed by atoms with Crippen molar-refractivity contribution in [1.82, 2.24) is 15.1 Å². The fraction of sp³-hybridized carbons (Fsp3) is 0.100. The van der Waals surface area contributed by atoms with E-state index in [1.807, 2.05) is 12.1 Å². The molecule has 0 aliphatic heterocycles. The molecule has 1 N–H and O–H groups in total. The SMILES string of the molecule is COc1cccc(-c2noc(COC(=O)c3cc(=O)[nH]c4ccccc34)n2)c1. The molecule has 8 nitrogen and oxygen atoms in total. The van der Waals surface area contributed by atoms with Gasteiger partial charge < -0.3 is 19.0 Å². The Morgan fingerprint density at radius 2 is 2.00 bits per heavy atom. The highest BCUT2D eigenvalue weighted by molar-refractivity contribution is 6.03. The third-order valence-corrected chi connectivity index (χ3v) is 4.09. The standard InChI is InChI=1S/C20H15N3O5/c1-26-13-6-4-5-12(9-13)19-22-18(28-23-19)11-27-20(25)15-10-17(24)21-16-8-3-2-7-14(15)16/h2-10H,11H2,1H3,(H,21,24). The second-order valence-corrected chi connectivity index (χ2v) is 5.91. The van der Waals surface area contributed by atoms with Gasteiger partial charge in [0.2, 0.25) is 11.4 Å². The number of hydrogen-bond acceptors (Lipinski definition) is 7. The van der Waals surface area contributed by atoms with Gasteiger partial charge in [-0.3, -0.25) is 4.79 Å². The smallest absolute Gasteiger partial charge is 0.339 e. The van der Waals surface area contributed by atoms with Crippen molar-refractivity contribution in [3.63, 3.8) is 0 Å². The second-order valence-electron chi connectivity index (χ2n) is 5.91. The Hall–Kier alpha value is -3.94. The lowest BCUT2D eigenvalue weighted by atomic mass is 10.1. The van der Waals surface area contributed by atoms with E-state index in [1.54, 1.807) is 43.5 Å². The molecule has 2 aromatic carbocycles. The number of hydrogen-bond donors (Lipinski definition) is 1. The van der Waals surface area contributed by atoms with E-state index < -0.39 is 5.97 Å². The molecule has 2 aromatic heterocycles. The number of rotatable bonds is 5. The van der Waals surface area contributed by atoms with Gasteiger partial charge in [-0.2, -0.15) is 4.98 Å². The maximum Gasteiger partial charge on any atom is 0.339 e. The van der Waals surface area contributed by atoms with Crippen LogP contribution >= 0.6 is 0 Å². The molecule has 140 valence electrons. The van der Waals surface area contributed by atoms with E-state index in [2.05, 4.69) is 15.1 Å². The number of pyridine rings is 1. The average molecular weight is 377 g/mol. The molecule has 0 radical (unpaired) electrons. The van der Waals surface area contributed by atoms with Crippen LogP contribution in [-0.2, 0) is 11.3 Å². The van der Waals surface area contributed by atoms with E-state index in [9.17, 15) is 9.59 Å². The fourth-order valence-electron chi connectivity index (χ4n) is 2.77. The molecular formula is C20H15N3O5. The molecule has 0 atom stereocenters. The van der Waals surface area contributed by atoms with Gasteiger partial charge in [-0.15, -0.1) is 0 Å². The first-order valence-corrected chi connectivity index (χ1v) is 8.40. The molecule has 0 amide bonds. The molecular weight excluding hydrogens is 362 g/mol. The van der Waals surface area contributed by atoms with E-state index in [0.29, 0.717) is 28.0 Å². The third-order valence-electron chi connectivity index (χ3n) is 4.09. The zero-order valence-corrected chi connectivity index (χ0v) is 14.8. The summed E-state index contributed by atoms with van der Waals surface area (Å²) in [5.74, 6) is 0.506. The molecule has 0 unspecified atom stereocenters. The Morgan fingerprint density at radius 1 is 1.14 bits per heavy atom. The van der Waals surface area contributed by atoms with Gasteiger partial charge in [0.1, 0.15) is 5.75 Å². The van der Waals surface area contributed by atoms with Crippen molar-refractivity contribution in [1.29, 1.82) is 0 Å². The topological polar surface area (TPSA) is 107 Å². The average Bonchev–Trinajstić information content (AvgIpc) is 3.20. The van der Waals surface area contributed by atoms with Crippen LogP contribution in [0.25, 0.3) is 22.3 Å². The quantitative estimate of drug-likeness (QED) is 0.533. The Labute approximate surface area is 158 Å². The highest BCUT2D eigenvalue weighted by atomic mass is 16.6. The zero-order valence-electron chi connectivity index (χ0n) is 14.8.